The van der Waals surface area contributed by atoms with Crippen molar-refractivity contribution in [2.75, 3.05) is 6.54 Å². The van der Waals surface area contributed by atoms with Crippen LogP contribution in [0.25, 0.3) is 0 Å². The Morgan fingerprint density at radius 3 is 2.28 bits per heavy atom. The maximum Gasteiger partial charge on any atom is 0.410 e. The first-order valence-corrected chi connectivity index (χ1v) is 6.70. The molecule has 1 amide bonds. The highest BCUT2D eigenvalue weighted by molar-refractivity contribution is 5.69. The van der Waals surface area contributed by atoms with Gasteiger partial charge < -0.3 is 14.7 Å². The second-order valence-corrected chi connectivity index (χ2v) is 7.19. The van der Waals surface area contributed by atoms with Crippen molar-refractivity contribution in [1.82, 2.24) is 4.90 Å². The summed E-state index contributed by atoms with van der Waals surface area (Å²) in [5.74, 6) is 0. The van der Waals surface area contributed by atoms with Gasteiger partial charge in [-0.15, -0.1) is 0 Å². The van der Waals surface area contributed by atoms with Crippen LogP contribution in [0.1, 0.15) is 54.4 Å². The van der Waals surface area contributed by atoms with Crippen molar-refractivity contribution < 1.29 is 14.6 Å². The van der Waals surface area contributed by atoms with Crippen LogP contribution in [0.15, 0.2) is 0 Å². The largest absolute Gasteiger partial charge is 0.444 e. The molecular weight excluding hydrogens is 230 g/mol. The first-order valence-electron chi connectivity index (χ1n) is 6.70. The van der Waals surface area contributed by atoms with Gasteiger partial charge in [-0.25, -0.2) is 4.79 Å². The second-order valence-electron chi connectivity index (χ2n) is 7.19. The van der Waals surface area contributed by atoms with Crippen LogP contribution in [0, 0.1) is 5.41 Å². The second kappa shape index (κ2) is 5.08. The van der Waals surface area contributed by atoms with Crippen LogP contribution in [-0.2, 0) is 4.74 Å². The number of ether oxygens (including phenoxy) is 1. The van der Waals surface area contributed by atoms with Gasteiger partial charge in [-0.1, -0.05) is 20.8 Å². The van der Waals surface area contributed by atoms with Gasteiger partial charge in [0.2, 0.25) is 0 Å². The molecule has 1 aliphatic heterocycles. The Balaban J connectivity index is 2.74. The van der Waals surface area contributed by atoms with E-state index in [-0.39, 0.29) is 17.6 Å². The number of aliphatic hydroxyl groups excluding tert-OH is 1. The molecule has 4 heteroatoms. The Hall–Kier alpha value is -0.770. The molecule has 1 fully saturated rings. The van der Waals surface area contributed by atoms with Crippen molar-refractivity contribution >= 4 is 6.09 Å². The van der Waals surface area contributed by atoms with E-state index in [1.807, 2.05) is 41.5 Å². The number of hydrogen-bond acceptors (Lipinski definition) is 3. The molecule has 18 heavy (non-hydrogen) atoms. The lowest BCUT2D eigenvalue weighted by Crippen LogP contribution is -2.49. The van der Waals surface area contributed by atoms with E-state index in [1.165, 1.54) is 0 Å². The summed E-state index contributed by atoms with van der Waals surface area (Å²) in [6.07, 6.45) is 0.940. The predicted octanol–water partition coefficient (Wildman–Crippen LogP) is 2.79. The summed E-state index contributed by atoms with van der Waals surface area (Å²) in [6.45, 7) is 12.2. The van der Waals surface area contributed by atoms with Crippen LogP contribution in [-0.4, -0.2) is 40.4 Å². The Bertz CT molecular complexity index is 301. The molecule has 1 heterocycles. The highest BCUT2D eigenvalue weighted by Crippen LogP contribution is 2.31. The summed E-state index contributed by atoms with van der Waals surface area (Å²) in [7, 11) is 0. The number of aliphatic hydroxyl groups is 1. The number of nitrogens with zero attached hydrogens (tertiary/aromatic N) is 1. The monoisotopic (exact) mass is 257 g/mol. The van der Waals surface area contributed by atoms with E-state index < -0.39 is 11.7 Å². The minimum Gasteiger partial charge on any atom is -0.444 e. The lowest BCUT2D eigenvalue weighted by atomic mass is 9.84. The molecular formula is C14H27NO3. The van der Waals surface area contributed by atoms with E-state index in [9.17, 15) is 9.90 Å². The molecule has 0 spiro atoms. The number of rotatable bonds is 1. The lowest BCUT2D eigenvalue weighted by molar-refractivity contribution is -0.0231. The summed E-state index contributed by atoms with van der Waals surface area (Å²) in [5.41, 5.74) is -0.716. The molecule has 4 nitrogen and oxygen atoms in total. The Morgan fingerprint density at radius 1 is 1.28 bits per heavy atom. The van der Waals surface area contributed by atoms with Gasteiger partial charge in [-0.2, -0.15) is 0 Å². The third kappa shape index (κ3) is 3.87. The molecule has 1 saturated heterocycles. The lowest BCUT2D eigenvalue weighted by Gasteiger charge is -2.36. The Labute approximate surface area is 110 Å². The fourth-order valence-electron chi connectivity index (χ4n) is 2.25. The van der Waals surface area contributed by atoms with E-state index >= 15 is 0 Å². The third-order valence-electron chi connectivity index (χ3n) is 3.18. The van der Waals surface area contributed by atoms with E-state index in [4.69, 9.17) is 4.74 Å². The molecule has 0 bridgehead atoms. The van der Waals surface area contributed by atoms with Gasteiger partial charge in [0.1, 0.15) is 5.60 Å². The summed E-state index contributed by atoms with van der Waals surface area (Å²) >= 11 is 0. The highest BCUT2D eigenvalue weighted by Gasteiger charge is 2.40. The minimum absolute atomic E-state index is 0.125. The van der Waals surface area contributed by atoms with Gasteiger partial charge in [0.05, 0.1) is 12.1 Å². The van der Waals surface area contributed by atoms with Gasteiger partial charge in [0.25, 0.3) is 0 Å². The molecule has 1 aliphatic rings. The number of hydrogen-bond donors (Lipinski definition) is 1. The van der Waals surface area contributed by atoms with E-state index in [0.717, 1.165) is 12.8 Å². The summed E-state index contributed by atoms with van der Waals surface area (Å²) < 4.78 is 5.39. The van der Waals surface area contributed by atoms with Crippen LogP contribution < -0.4 is 0 Å². The van der Waals surface area contributed by atoms with Crippen molar-refractivity contribution in [2.24, 2.45) is 5.41 Å². The molecule has 0 aromatic carbocycles. The molecule has 0 aromatic heterocycles. The number of likely N-dealkylation sites (tertiary alicyclic amines) is 1. The predicted molar refractivity (Wildman–Crippen MR) is 71.4 cm³/mol. The van der Waals surface area contributed by atoms with Crippen LogP contribution in [0.2, 0.25) is 0 Å². The molecule has 0 aliphatic carbocycles. The first kappa shape index (κ1) is 15.3. The summed E-state index contributed by atoms with van der Waals surface area (Å²) in [5, 5.41) is 10.4. The van der Waals surface area contributed by atoms with Crippen LogP contribution >= 0.6 is 0 Å². The summed E-state index contributed by atoms with van der Waals surface area (Å²) in [4.78, 5) is 13.8. The molecule has 1 N–H and O–H groups in total. The zero-order chi connectivity index (χ0) is 14.1. The molecule has 2 atom stereocenters. The van der Waals surface area contributed by atoms with Gasteiger partial charge in [0, 0.05) is 6.54 Å². The summed E-state index contributed by atoms with van der Waals surface area (Å²) in [6, 6.07) is -0.125. The molecule has 0 aromatic rings. The molecule has 0 unspecified atom stereocenters. The fourth-order valence-corrected chi connectivity index (χ4v) is 2.25. The normalized spacial score (nSPS) is 23.1. The van der Waals surface area contributed by atoms with E-state index in [0.29, 0.717) is 6.54 Å². The van der Waals surface area contributed by atoms with Crippen molar-refractivity contribution in [2.45, 2.75) is 72.1 Å². The topological polar surface area (TPSA) is 49.8 Å². The van der Waals surface area contributed by atoms with Gasteiger partial charge in [-0.05, 0) is 39.0 Å². The highest BCUT2D eigenvalue weighted by atomic mass is 16.6. The smallest absolute Gasteiger partial charge is 0.410 e. The molecule has 1 rings (SSSR count). The van der Waals surface area contributed by atoms with Gasteiger partial charge in [-0.3, -0.25) is 0 Å². The van der Waals surface area contributed by atoms with Crippen molar-refractivity contribution in [3.05, 3.63) is 0 Å². The molecule has 106 valence electrons. The van der Waals surface area contributed by atoms with Gasteiger partial charge in [0.15, 0.2) is 0 Å². The van der Waals surface area contributed by atoms with Crippen molar-refractivity contribution in [3.8, 4) is 0 Å². The molecule has 0 radical (unpaired) electrons. The minimum atomic E-state index is -0.521. The zero-order valence-electron chi connectivity index (χ0n) is 12.5. The standard InChI is InChI=1S/C14H27NO3/c1-13(2,3)11(16)10-8-7-9-15(10)12(17)18-14(4,5)6/h10-11,16H,7-9H2,1-6H3/t10-,11-/m1/s1. The van der Waals surface area contributed by atoms with E-state index in [1.54, 1.807) is 4.90 Å². The SMILES string of the molecule is CC(C)(C)OC(=O)N1CCC[C@@H]1[C@@H](O)C(C)(C)C. The van der Waals surface area contributed by atoms with Crippen molar-refractivity contribution in [3.63, 3.8) is 0 Å². The quantitative estimate of drug-likeness (QED) is 0.786. The Kier molecular flexibility index (Phi) is 4.31. The number of carbonyl (C=O) groups is 1. The molecule has 0 saturated carbocycles. The first-order chi connectivity index (χ1) is 8.02. The van der Waals surface area contributed by atoms with Gasteiger partial charge >= 0.3 is 6.09 Å². The van der Waals surface area contributed by atoms with Crippen molar-refractivity contribution in [1.29, 1.82) is 0 Å². The van der Waals surface area contributed by atoms with Crippen LogP contribution in [0.4, 0.5) is 4.79 Å². The third-order valence-corrected chi connectivity index (χ3v) is 3.18. The number of amides is 1. The maximum absolute atomic E-state index is 12.1. The zero-order valence-corrected chi connectivity index (χ0v) is 12.5. The average Bonchev–Trinajstić information content (AvgIpc) is 2.60. The fraction of sp³-hybridized carbons (Fsp3) is 0.929. The Morgan fingerprint density at radius 2 is 1.83 bits per heavy atom. The number of carbonyl (C=O) groups excluding carboxylic acids is 1. The van der Waals surface area contributed by atoms with Crippen LogP contribution in [0.3, 0.4) is 0 Å². The average molecular weight is 257 g/mol. The van der Waals surface area contributed by atoms with E-state index in [2.05, 4.69) is 0 Å². The van der Waals surface area contributed by atoms with Crippen LogP contribution in [0.5, 0.6) is 0 Å². The maximum atomic E-state index is 12.1.